The quantitative estimate of drug-likeness (QED) is 0.723. The molecule has 2 heterocycles. The van der Waals surface area contributed by atoms with E-state index >= 15 is 0 Å². The van der Waals surface area contributed by atoms with Crippen LogP contribution in [0.2, 0.25) is 0 Å². The second-order valence-electron chi connectivity index (χ2n) is 5.70. The third kappa shape index (κ3) is 5.09. The standard InChI is InChI=1S/C14H27N3O2/c1-16-6-2-4-13(12-16)14(18)15-5-3-7-17-8-10-19-11-9-17/h13H,2-12H2,1H3,(H,15,18)/t13-/m1/s1. The fourth-order valence-electron chi connectivity index (χ4n) is 2.86. The van der Waals surface area contributed by atoms with Gasteiger partial charge in [-0.15, -0.1) is 0 Å². The average Bonchev–Trinajstić information content (AvgIpc) is 2.44. The Bertz CT molecular complexity index is 280. The van der Waals surface area contributed by atoms with Crippen molar-refractivity contribution in [1.29, 1.82) is 0 Å². The summed E-state index contributed by atoms with van der Waals surface area (Å²) < 4.78 is 5.32. The average molecular weight is 269 g/mol. The molecule has 0 aromatic heterocycles. The lowest BCUT2D eigenvalue weighted by Crippen LogP contribution is -2.42. The van der Waals surface area contributed by atoms with Crippen LogP contribution in [-0.4, -0.2) is 75.2 Å². The molecule has 19 heavy (non-hydrogen) atoms. The first kappa shape index (κ1) is 14.8. The van der Waals surface area contributed by atoms with Gasteiger partial charge in [-0.25, -0.2) is 0 Å². The van der Waals surface area contributed by atoms with E-state index in [0.717, 1.165) is 71.7 Å². The number of morpholine rings is 1. The Kier molecular flexibility index (Phi) is 6.07. The summed E-state index contributed by atoms with van der Waals surface area (Å²) in [6.45, 7) is 7.66. The van der Waals surface area contributed by atoms with Gasteiger partial charge in [0.05, 0.1) is 19.1 Å². The highest BCUT2D eigenvalue weighted by Crippen LogP contribution is 2.14. The normalized spacial score (nSPS) is 26.3. The van der Waals surface area contributed by atoms with Gasteiger partial charge in [-0.2, -0.15) is 0 Å². The molecule has 2 rings (SSSR count). The molecule has 0 aromatic carbocycles. The number of carbonyl (C=O) groups excluding carboxylic acids is 1. The molecule has 5 heteroatoms. The van der Waals surface area contributed by atoms with Crippen molar-refractivity contribution in [2.24, 2.45) is 5.92 Å². The zero-order valence-corrected chi connectivity index (χ0v) is 12.1. The van der Waals surface area contributed by atoms with Crippen molar-refractivity contribution in [3.8, 4) is 0 Å². The Balaban J connectivity index is 1.55. The molecule has 2 saturated heterocycles. The second kappa shape index (κ2) is 7.82. The lowest BCUT2D eigenvalue weighted by Gasteiger charge is -2.29. The topological polar surface area (TPSA) is 44.8 Å². The van der Waals surface area contributed by atoms with Crippen molar-refractivity contribution in [3.05, 3.63) is 0 Å². The van der Waals surface area contributed by atoms with Crippen LogP contribution in [0.1, 0.15) is 19.3 Å². The monoisotopic (exact) mass is 269 g/mol. The molecule has 2 fully saturated rings. The zero-order chi connectivity index (χ0) is 13.5. The first-order valence-corrected chi connectivity index (χ1v) is 7.52. The van der Waals surface area contributed by atoms with Crippen LogP contribution in [-0.2, 0) is 9.53 Å². The largest absolute Gasteiger partial charge is 0.379 e. The Morgan fingerprint density at radius 1 is 1.32 bits per heavy atom. The maximum absolute atomic E-state index is 12.0. The van der Waals surface area contributed by atoms with E-state index in [9.17, 15) is 4.79 Å². The summed E-state index contributed by atoms with van der Waals surface area (Å²) in [7, 11) is 2.10. The first-order chi connectivity index (χ1) is 9.25. The summed E-state index contributed by atoms with van der Waals surface area (Å²) in [5.41, 5.74) is 0. The van der Waals surface area contributed by atoms with Crippen LogP contribution in [0.3, 0.4) is 0 Å². The summed E-state index contributed by atoms with van der Waals surface area (Å²) >= 11 is 0. The van der Waals surface area contributed by atoms with Crippen LogP contribution in [0.4, 0.5) is 0 Å². The summed E-state index contributed by atoms with van der Waals surface area (Å²) in [4.78, 5) is 16.7. The molecule has 0 aromatic rings. The molecule has 110 valence electrons. The molecular weight excluding hydrogens is 242 g/mol. The van der Waals surface area contributed by atoms with E-state index in [-0.39, 0.29) is 11.8 Å². The van der Waals surface area contributed by atoms with E-state index in [1.54, 1.807) is 0 Å². The number of piperidine rings is 1. The van der Waals surface area contributed by atoms with Crippen LogP contribution in [0, 0.1) is 5.92 Å². The summed E-state index contributed by atoms with van der Waals surface area (Å²) in [5.74, 6) is 0.440. The fraction of sp³-hybridized carbons (Fsp3) is 0.929. The van der Waals surface area contributed by atoms with Gasteiger partial charge in [0, 0.05) is 26.2 Å². The van der Waals surface area contributed by atoms with Crippen molar-refractivity contribution in [2.45, 2.75) is 19.3 Å². The zero-order valence-electron chi connectivity index (χ0n) is 12.1. The minimum absolute atomic E-state index is 0.196. The van der Waals surface area contributed by atoms with Gasteiger partial charge >= 0.3 is 0 Å². The number of carbonyl (C=O) groups is 1. The second-order valence-corrected chi connectivity index (χ2v) is 5.70. The Morgan fingerprint density at radius 3 is 2.84 bits per heavy atom. The van der Waals surface area contributed by atoms with E-state index in [4.69, 9.17) is 4.74 Å². The van der Waals surface area contributed by atoms with Gasteiger partial charge in [-0.1, -0.05) is 0 Å². The number of rotatable bonds is 5. The Labute approximate surface area is 116 Å². The van der Waals surface area contributed by atoms with Crippen molar-refractivity contribution < 1.29 is 9.53 Å². The van der Waals surface area contributed by atoms with Gasteiger partial charge in [-0.05, 0) is 39.4 Å². The molecule has 2 aliphatic heterocycles. The van der Waals surface area contributed by atoms with Gasteiger partial charge in [0.25, 0.3) is 0 Å². The summed E-state index contributed by atoms with van der Waals surface area (Å²) in [6.07, 6.45) is 3.22. The van der Waals surface area contributed by atoms with E-state index in [1.807, 2.05) is 0 Å². The number of nitrogens with zero attached hydrogens (tertiary/aromatic N) is 2. The number of ether oxygens (including phenoxy) is 1. The van der Waals surface area contributed by atoms with E-state index in [2.05, 4.69) is 22.2 Å². The fourth-order valence-corrected chi connectivity index (χ4v) is 2.86. The van der Waals surface area contributed by atoms with E-state index in [1.165, 1.54) is 0 Å². The summed E-state index contributed by atoms with van der Waals surface area (Å²) in [5, 5.41) is 3.09. The third-order valence-corrected chi connectivity index (χ3v) is 4.05. The van der Waals surface area contributed by atoms with Crippen LogP contribution >= 0.6 is 0 Å². The molecule has 2 aliphatic rings. The molecule has 0 unspecified atom stereocenters. The molecule has 0 aliphatic carbocycles. The maximum atomic E-state index is 12.0. The van der Waals surface area contributed by atoms with Gasteiger partial charge in [0.1, 0.15) is 0 Å². The first-order valence-electron chi connectivity index (χ1n) is 7.52. The van der Waals surface area contributed by atoms with Crippen molar-refractivity contribution in [3.63, 3.8) is 0 Å². The van der Waals surface area contributed by atoms with Crippen LogP contribution in [0.25, 0.3) is 0 Å². The van der Waals surface area contributed by atoms with Gasteiger partial charge in [-0.3, -0.25) is 9.69 Å². The molecule has 1 N–H and O–H groups in total. The molecule has 0 spiro atoms. The van der Waals surface area contributed by atoms with E-state index in [0.29, 0.717) is 0 Å². The SMILES string of the molecule is CN1CCC[C@@H](C(=O)NCCCN2CCOCC2)C1. The smallest absolute Gasteiger partial charge is 0.224 e. The Hall–Kier alpha value is -0.650. The van der Waals surface area contributed by atoms with Gasteiger partial charge in [0.2, 0.25) is 5.91 Å². The highest BCUT2D eigenvalue weighted by molar-refractivity contribution is 5.78. The Morgan fingerprint density at radius 2 is 2.11 bits per heavy atom. The number of nitrogens with one attached hydrogen (secondary N) is 1. The maximum Gasteiger partial charge on any atom is 0.224 e. The molecule has 0 saturated carbocycles. The lowest BCUT2D eigenvalue weighted by molar-refractivity contribution is -0.126. The minimum atomic E-state index is 0.196. The van der Waals surface area contributed by atoms with Crippen LogP contribution < -0.4 is 5.32 Å². The van der Waals surface area contributed by atoms with Crippen LogP contribution in [0.5, 0.6) is 0 Å². The van der Waals surface area contributed by atoms with Crippen molar-refractivity contribution in [2.75, 3.05) is 59.5 Å². The number of hydrogen-bond acceptors (Lipinski definition) is 4. The van der Waals surface area contributed by atoms with Crippen molar-refractivity contribution >= 4 is 5.91 Å². The molecule has 1 amide bonds. The highest BCUT2D eigenvalue weighted by Gasteiger charge is 2.23. The molecule has 0 radical (unpaired) electrons. The third-order valence-electron chi connectivity index (χ3n) is 4.05. The lowest BCUT2D eigenvalue weighted by atomic mass is 9.97. The molecular formula is C14H27N3O2. The molecule has 5 nitrogen and oxygen atoms in total. The predicted molar refractivity (Wildman–Crippen MR) is 75.1 cm³/mol. The minimum Gasteiger partial charge on any atom is -0.379 e. The molecule has 0 bridgehead atoms. The predicted octanol–water partition coefficient (Wildman–Crippen LogP) is 0.167. The van der Waals surface area contributed by atoms with Gasteiger partial charge in [0.15, 0.2) is 0 Å². The summed E-state index contributed by atoms with van der Waals surface area (Å²) in [6, 6.07) is 0. The van der Waals surface area contributed by atoms with Gasteiger partial charge < -0.3 is 15.0 Å². The van der Waals surface area contributed by atoms with E-state index < -0.39 is 0 Å². The van der Waals surface area contributed by atoms with Crippen molar-refractivity contribution in [1.82, 2.24) is 15.1 Å². The number of likely N-dealkylation sites (tertiary alicyclic amines) is 1. The number of amides is 1. The molecule has 1 atom stereocenters. The highest BCUT2D eigenvalue weighted by atomic mass is 16.5. The van der Waals surface area contributed by atoms with Crippen LogP contribution in [0.15, 0.2) is 0 Å². The number of hydrogen-bond donors (Lipinski definition) is 1.